The van der Waals surface area contributed by atoms with E-state index in [-0.39, 0.29) is 23.8 Å². The van der Waals surface area contributed by atoms with E-state index in [2.05, 4.69) is 25.8 Å². The first-order valence-electron chi connectivity index (χ1n) is 9.76. The lowest BCUT2D eigenvalue weighted by molar-refractivity contribution is -0.120. The zero-order valence-corrected chi connectivity index (χ0v) is 15.3. The molecule has 2 aliphatic rings. The highest BCUT2D eigenvalue weighted by Crippen LogP contribution is 2.36. The molecule has 2 aliphatic carbocycles. The van der Waals surface area contributed by atoms with Crippen LogP contribution in [0.2, 0.25) is 0 Å². The number of nitrogens with zero attached hydrogens (tertiary/aromatic N) is 2. The zero-order chi connectivity index (χ0) is 18.6. The lowest BCUT2D eigenvalue weighted by Crippen LogP contribution is -2.43. The Morgan fingerprint density at radius 1 is 1.07 bits per heavy atom. The normalized spacial score (nSPS) is 22.7. The van der Waals surface area contributed by atoms with Crippen molar-refractivity contribution in [2.75, 3.05) is 5.32 Å². The Morgan fingerprint density at radius 3 is 2.56 bits per heavy atom. The summed E-state index contributed by atoms with van der Waals surface area (Å²) >= 11 is 0. The Bertz CT molecular complexity index is 792. The number of aromatic nitrogens is 3. The highest BCUT2D eigenvalue weighted by Gasteiger charge is 2.33. The number of aromatic amines is 1. The van der Waals surface area contributed by atoms with Gasteiger partial charge in [-0.15, -0.1) is 0 Å². The van der Waals surface area contributed by atoms with Crippen molar-refractivity contribution >= 4 is 17.6 Å². The number of rotatable bonds is 5. The van der Waals surface area contributed by atoms with Crippen molar-refractivity contribution in [1.82, 2.24) is 20.5 Å². The number of hydrogen-bond acceptors (Lipinski definition) is 4. The van der Waals surface area contributed by atoms with Gasteiger partial charge in [-0.25, -0.2) is 0 Å². The summed E-state index contributed by atoms with van der Waals surface area (Å²) in [5.41, 5.74) is 1.57. The molecule has 3 N–H and O–H groups in total. The second kappa shape index (κ2) is 7.90. The maximum Gasteiger partial charge on any atom is 0.251 e. The van der Waals surface area contributed by atoms with E-state index in [0.717, 1.165) is 44.2 Å². The molecule has 0 unspecified atom stereocenters. The average Bonchev–Trinajstić information content (AvgIpc) is 3.13. The third kappa shape index (κ3) is 4.18. The van der Waals surface area contributed by atoms with Crippen LogP contribution in [0.4, 0.5) is 5.82 Å². The molecule has 0 aliphatic heterocycles. The summed E-state index contributed by atoms with van der Waals surface area (Å²) in [7, 11) is 0. The molecule has 27 heavy (non-hydrogen) atoms. The van der Waals surface area contributed by atoms with Gasteiger partial charge >= 0.3 is 0 Å². The number of amides is 2. The van der Waals surface area contributed by atoms with E-state index in [4.69, 9.17) is 0 Å². The van der Waals surface area contributed by atoms with Crippen LogP contribution in [0.3, 0.4) is 0 Å². The molecule has 2 aromatic heterocycles. The number of carbonyl (C=O) groups is 2. The SMILES string of the molecule is O=C(N[C@H]1C[C@@H](c2cc(NC(=O)C3CCCCC3)[nH]n2)C1)c1ccncc1. The predicted octanol–water partition coefficient (Wildman–Crippen LogP) is 3.00. The van der Waals surface area contributed by atoms with Gasteiger partial charge in [-0.3, -0.25) is 19.7 Å². The summed E-state index contributed by atoms with van der Waals surface area (Å²) in [5, 5.41) is 13.3. The van der Waals surface area contributed by atoms with E-state index in [1.54, 1.807) is 24.5 Å². The van der Waals surface area contributed by atoms with Crippen LogP contribution < -0.4 is 10.6 Å². The fourth-order valence-corrected chi connectivity index (χ4v) is 3.96. The van der Waals surface area contributed by atoms with Crippen molar-refractivity contribution in [1.29, 1.82) is 0 Å². The molecule has 0 aromatic carbocycles. The molecule has 142 valence electrons. The van der Waals surface area contributed by atoms with Crippen LogP contribution in [0.1, 0.15) is 66.9 Å². The third-order valence-corrected chi connectivity index (χ3v) is 5.67. The Hall–Kier alpha value is -2.70. The highest BCUT2D eigenvalue weighted by atomic mass is 16.2. The lowest BCUT2D eigenvalue weighted by Gasteiger charge is -2.34. The molecule has 2 heterocycles. The number of H-pyrrole nitrogens is 1. The standard InChI is InChI=1S/C20H25N5O2/c26-19(14-6-8-21-9-7-14)22-16-10-15(11-16)17-12-18(25-24-17)23-20(27)13-4-2-1-3-5-13/h6-9,12-13,15-16H,1-5,10-11H2,(H,22,26)(H2,23,24,25,27)/t15-,16+. The van der Waals surface area contributed by atoms with E-state index in [1.807, 2.05) is 6.07 Å². The minimum atomic E-state index is -0.0664. The first-order valence-corrected chi connectivity index (χ1v) is 9.76. The fourth-order valence-electron chi connectivity index (χ4n) is 3.96. The average molecular weight is 367 g/mol. The minimum absolute atomic E-state index is 0.0664. The van der Waals surface area contributed by atoms with E-state index in [0.29, 0.717) is 17.3 Å². The van der Waals surface area contributed by atoms with Crippen molar-refractivity contribution in [3.8, 4) is 0 Å². The van der Waals surface area contributed by atoms with Gasteiger partial charge in [0.25, 0.3) is 5.91 Å². The summed E-state index contributed by atoms with van der Waals surface area (Å²) in [4.78, 5) is 28.4. The summed E-state index contributed by atoms with van der Waals surface area (Å²) in [6.45, 7) is 0. The third-order valence-electron chi connectivity index (χ3n) is 5.67. The maximum absolute atomic E-state index is 12.3. The molecule has 0 atom stereocenters. The molecule has 2 aromatic rings. The van der Waals surface area contributed by atoms with Crippen LogP contribution in [-0.4, -0.2) is 33.0 Å². The monoisotopic (exact) mass is 367 g/mol. The first-order chi connectivity index (χ1) is 13.2. The van der Waals surface area contributed by atoms with Gasteiger partial charge in [0.15, 0.2) is 0 Å². The van der Waals surface area contributed by atoms with Gasteiger partial charge in [0.05, 0.1) is 5.69 Å². The largest absolute Gasteiger partial charge is 0.349 e. The van der Waals surface area contributed by atoms with Crippen LogP contribution >= 0.6 is 0 Å². The number of hydrogen-bond donors (Lipinski definition) is 3. The molecule has 0 saturated heterocycles. The molecular formula is C20H25N5O2. The lowest BCUT2D eigenvalue weighted by atomic mass is 9.78. The highest BCUT2D eigenvalue weighted by molar-refractivity contribution is 5.94. The molecule has 0 radical (unpaired) electrons. The summed E-state index contributed by atoms with van der Waals surface area (Å²) in [6.07, 6.45) is 10.4. The van der Waals surface area contributed by atoms with Gasteiger partial charge in [-0.2, -0.15) is 5.10 Å². The van der Waals surface area contributed by atoms with E-state index >= 15 is 0 Å². The van der Waals surface area contributed by atoms with Gasteiger partial charge < -0.3 is 10.6 Å². The van der Waals surface area contributed by atoms with Gasteiger partial charge in [-0.05, 0) is 37.8 Å². The fraction of sp³-hybridized carbons (Fsp3) is 0.500. The van der Waals surface area contributed by atoms with Crippen LogP contribution in [0.15, 0.2) is 30.6 Å². The number of anilines is 1. The van der Waals surface area contributed by atoms with Gasteiger partial charge in [0.1, 0.15) is 5.82 Å². The van der Waals surface area contributed by atoms with Crippen LogP contribution in [0, 0.1) is 5.92 Å². The van der Waals surface area contributed by atoms with Crippen molar-refractivity contribution in [3.05, 3.63) is 41.9 Å². The van der Waals surface area contributed by atoms with E-state index in [9.17, 15) is 9.59 Å². The number of pyridine rings is 1. The van der Waals surface area contributed by atoms with Crippen molar-refractivity contribution in [2.45, 2.75) is 56.9 Å². The minimum Gasteiger partial charge on any atom is -0.349 e. The molecule has 4 rings (SSSR count). The summed E-state index contributed by atoms with van der Waals surface area (Å²) in [5.74, 6) is 1.14. The first kappa shape index (κ1) is 17.7. The molecule has 2 fully saturated rings. The molecule has 7 heteroatoms. The van der Waals surface area contributed by atoms with Gasteiger partial charge in [0, 0.05) is 41.9 Å². The van der Waals surface area contributed by atoms with E-state index < -0.39 is 0 Å². The van der Waals surface area contributed by atoms with E-state index in [1.165, 1.54) is 6.42 Å². The zero-order valence-electron chi connectivity index (χ0n) is 15.3. The van der Waals surface area contributed by atoms with Gasteiger partial charge in [0.2, 0.25) is 5.91 Å². The molecule has 2 saturated carbocycles. The topological polar surface area (TPSA) is 99.8 Å². The second-order valence-electron chi connectivity index (χ2n) is 7.61. The Labute approximate surface area is 158 Å². The van der Waals surface area contributed by atoms with Crippen LogP contribution in [0.25, 0.3) is 0 Å². The second-order valence-corrected chi connectivity index (χ2v) is 7.61. The summed E-state index contributed by atoms with van der Waals surface area (Å²) in [6, 6.07) is 5.50. The van der Waals surface area contributed by atoms with Crippen molar-refractivity contribution in [3.63, 3.8) is 0 Å². The Morgan fingerprint density at radius 2 is 1.81 bits per heavy atom. The van der Waals surface area contributed by atoms with Gasteiger partial charge in [-0.1, -0.05) is 19.3 Å². The predicted molar refractivity (Wildman–Crippen MR) is 101 cm³/mol. The van der Waals surface area contributed by atoms with Crippen molar-refractivity contribution in [2.24, 2.45) is 5.92 Å². The van der Waals surface area contributed by atoms with Crippen molar-refractivity contribution < 1.29 is 9.59 Å². The summed E-state index contributed by atoms with van der Waals surface area (Å²) < 4.78 is 0. The molecular weight excluding hydrogens is 342 g/mol. The smallest absolute Gasteiger partial charge is 0.251 e. The Kier molecular flexibility index (Phi) is 5.18. The number of nitrogens with one attached hydrogen (secondary N) is 3. The number of carbonyl (C=O) groups excluding carboxylic acids is 2. The molecule has 0 bridgehead atoms. The molecule has 7 nitrogen and oxygen atoms in total. The van der Waals surface area contributed by atoms with Crippen LogP contribution in [-0.2, 0) is 4.79 Å². The molecule has 0 spiro atoms. The quantitative estimate of drug-likeness (QED) is 0.756. The van der Waals surface area contributed by atoms with Crippen LogP contribution in [0.5, 0.6) is 0 Å². The molecule has 2 amide bonds. The Balaban J connectivity index is 1.25. The maximum atomic E-state index is 12.3.